The van der Waals surface area contributed by atoms with Crippen LogP contribution in [0.2, 0.25) is 0 Å². The Labute approximate surface area is 255 Å². The summed E-state index contributed by atoms with van der Waals surface area (Å²) < 4.78 is 91.1. The lowest BCUT2D eigenvalue weighted by Crippen LogP contribution is -2.36. The minimum atomic E-state index is -5.48. The molecule has 0 amide bonds. The average molecular weight is 669 g/mol. The highest BCUT2D eigenvalue weighted by Gasteiger charge is 2.56. The first-order chi connectivity index (χ1) is 20.3. The number of aromatic nitrogens is 2. The first kappa shape index (κ1) is 42.3. The van der Waals surface area contributed by atoms with Crippen LogP contribution < -0.4 is 17.6 Å². The second-order valence-electron chi connectivity index (χ2n) is 10.5. The van der Waals surface area contributed by atoms with Crippen molar-refractivity contribution in [3.8, 4) is 0 Å². The number of aliphatic hydroxyl groups is 1. The van der Waals surface area contributed by atoms with Crippen LogP contribution in [0, 0.1) is 0 Å². The molecule has 0 aliphatic carbocycles. The lowest BCUT2D eigenvalue weighted by molar-refractivity contribution is -0.284. The van der Waals surface area contributed by atoms with Crippen molar-refractivity contribution >= 4 is 13.4 Å². The number of nitrogens with zero attached hydrogens (tertiary/aromatic N) is 2. The SMILES string of the molecule is N.Nc1ccn(C[C@@H](CO)OCP(=O)(O)OCCCCCCCCCCCOCCCCCCC(F)(F)C(F)(F)F)c(=O)n1. The second kappa shape index (κ2) is 22.8. The van der Waals surface area contributed by atoms with Crippen molar-refractivity contribution in [3.63, 3.8) is 0 Å². The van der Waals surface area contributed by atoms with E-state index in [1.54, 1.807) is 0 Å². The van der Waals surface area contributed by atoms with Crippen molar-refractivity contribution in [2.45, 2.75) is 115 Å². The fraction of sp³-hybridized carbons (Fsp3) is 0.852. The van der Waals surface area contributed by atoms with Gasteiger partial charge in [0.05, 0.1) is 25.9 Å². The molecule has 1 heterocycles. The van der Waals surface area contributed by atoms with E-state index in [1.165, 1.54) is 16.8 Å². The van der Waals surface area contributed by atoms with Crippen LogP contribution in [0.5, 0.6) is 0 Å². The van der Waals surface area contributed by atoms with Gasteiger partial charge in [-0.25, -0.2) is 4.79 Å². The molecule has 0 bridgehead atoms. The number of halogens is 5. The van der Waals surface area contributed by atoms with Gasteiger partial charge < -0.3 is 35.9 Å². The largest absolute Gasteiger partial charge is 0.453 e. The van der Waals surface area contributed by atoms with Gasteiger partial charge in [-0.1, -0.05) is 57.8 Å². The molecular weight excluding hydrogens is 618 g/mol. The first-order valence-electron chi connectivity index (χ1n) is 14.8. The number of unbranched alkanes of at least 4 members (excludes halogenated alkanes) is 11. The first-order valence-corrected chi connectivity index (χ1v) is 16.6. The van der Waals surface area contributed by atoms with Crippen molar-refractivity contribution in [2.24, 2.45) is 0 Å². The van der Waals surface area contributed by atoms with Gasteiger partial charge in [0.15, 0.2) is 0 Å². The summed E-state index contributed by atoms with van der Waals surface area (Å²) in [6, 6.07) is 1.42. The Bertz CT molecular complexity index is 989. The number of hydrogen-bond acceptors (Lipinski definition) is 9. The van der Waals surface area contributed by atoms with Gasteiger partial charge >= 0.3 is 25.4 Å². The number of ether oxygens (including phenoxy) is 2. The molecule has 0 radical (unpaired) electrons. The number of hydrogen-bond donors (Lipinski definition) is 4. The molecule has 260 valence electrons. The van der Waals surface area contributed by atoms with Crippen molar-refractivity contribution in [2.75, 3.05) is 38.5 Å². The summed E-state index contributed by atoms with van der Waals surface area (Å²) >= 11 is 0. The highest BCUT2D eigenvalue weighted by Crippen LogP contribution is 2.42. The van der Waals surface area contributed by atoms with E-state index in [1.807, 2.05) is 0 Å². The molecular formula is C27H50F5N4O7P. The molecule has 1 aromatic rings. The molecule has 0 spiro atoms. The highest BCUT2D eigenvalue weighted by atomic mass is 31.2. The lowest BCUT2D eigenvalue weighted by atomic mass is 10.1. The molecule has 1 aromatic heterocycles. The lowest BCUT2D eigenvalue weighted by Gasteiger charge is -2.19. The number of aliphatic hydroxyl groups excluding tert-OH is 1. The summed E-state index contributed by atoms with van der Waals surface area (Å²) in [5.41, 5.74) is 4.81. The maximum atomic E-state index is 12.8. The van der Waals surface area contributed by atoms with Gasteiger partial charge in [-0.3, -0.25) is 9.13 Å². The van der Waals surface area contributed by atoms with Crippen molar-refractivity contribution < 1.29 is 50.5 Å². The van der Waals surface area contributed by atoms with Crippen LogP contribution in [0.1, 0.15) is 89.9 Å². The van der Waals surface area contributed by atoms with Crippen LogP contribution in [-0.2, 0) is 25.1 Å². The van der Waals surface area contributed by atoms with Gasteiger partial charge in [0.1, 0.15) is 12.2 Å². The Morgan fingerprint density at radius 3 is 1.89 bits per heavy atom. The molecule has 1 rings (SSSR count). The Balaban J connectivity index is 0.0000185. The smallest absolute Gasteiger partial charge is 0.394 e. The number of rotatable bonds is 26. The topological polar surface area (TPSA) is 181 Å². The average Bonchev–Trinajstić information content (AvgIpc) is 2.92. The molecule has 11 nitrogen and oxygen atoms in total. The standard InChI is InChI=1S/C27H47F5N3O7P.H3N/c28-26(29,27(30,31)32)15-10-6-9-12-18-40-17-11-7-4-2-1-3-5-8-13-19-42-43(38,39)22-41-23(21-36)20-35-16-14-24(33)34-25(35)37;/h14,16,23,36H,1-13,15,17-22H2,(H,38,39)(H2,33,34,37);1H3/t23-;/m0./s1. The van der Waals surface area contributed by atoms with Crippen molar-refractivity contribution in [3.05, 3.63) is 22.7 Å². The molecule has 0 aromatic carbocycles. The summed E-state index contributed by atoms with van der Waals surface area (Å²) in [4.78, 5) is 25.3. The number of nitrogen functional groups attached to an aromatic ring is 1. The van der Waals surface area contributed by atoms with E-state index in [0.29, 0.717) is 38.9 Å². The fourth-order valence-electron chi connectivity index (χ4n) is 4.10. The van der Waals surface area contributed by atoms with E-state index in [2.05, 4.69) is 4.98 Å². The van der Waals surface area contributed by atoms with Crippen LogP contribution >= 0.6 is 7.60 Å². The zero-order chi connectivity index (χ0) is 32.2. The zero-order valence-corrected chi connectivity index (χ0v) is 26.2. The van der Waals surface area contributed by atoms with Gasteiger partial charge in [0.25, 0.3) is 0 Å². The third-order valence-electron chi connectivity index (χ3n) is 6.64. The molecule has 2 atom stereocenters. The molecule has 1 unspecified atom stereocenters. The highest BCUT2D eigenvalue weighted by molar-refractivity contribution is 7.52. The molecule has 0 saturated heterocycles. The predicted molar refractivity (Wildman–Crippen MR) is 157 cm³/mol. The van der Waals surface area contributed by atoms with E-state index in [4.69, 9.17) is 19.7 Å². The van der Waals surface area contributed by atoms with Crippen LogP contribution in [0.15, 0.2) is 17.1 Å². The summed E-state index contributed by atoms with van der Waals surface area (Å²) in [5, 5.41) is 9.46. The van der Waals surface area contributed by atoms with Crippen LogP contribution in [0.25, 0.3) is 0 Å². The summed E-state index contributed by atoms with van der Waals surface area (Å²) in [5.74, 6) is -4.55. The molecule has 7 N–H and O–H groups in total. The van der Waals surface area contributed by atoms with Gasteiger partial charge in [-0.15, -0.1) is 0 Å². The number of anilines is 1. The van der Waals surface area contributed by atoms with Crippen LogP contribution in [-0.4, -0.2) is 70.5 Å². The van der Waals surface area contributed by atoms with Crippen molar-refractivity contribution in [1.29, 1.82) is 0 Å². The third kappa shape index (κ3) is 19.7. The fourth-order valence-corrected chi connectivity index (χ4v) is 4.99. The normalized spacial score (nSPS) is 14.2. The van der Waals surface area contributed by atoms with Crippen LogP contribution in [0.4, 0.5) is 27.8 Å². The quantitative estimate of drug-likeness (QED) is 0.0504. The molecule has 0 fully saturated rings. The van der Waals surface area contributed by atoms with Gasteiger partial charge in [-0.2, -0.15) is 26.9 Å². The molecule has 0 aliphatic rings. The molecule has 17 heteroatoms. The molecule has 0 saturated carbocycles. The Morgan fingerprint density at radius 2 is 1.39 bits per heavy atom. The van der Waals surface area contributed by atoms with E-state index in [9.17, 15) is 41.3 Å². The monoisotopic (exact) mass is 668 g/mol. The Kier molecular flexibility index (Phi) is 21.9. The minimum Gasteiger partial charge on any atom is -0.394 e. The molecule has 44 heavy (non-hydrogen) atoms. The summed E-state index contributed by atoms with van der Waals surface area (Å²) in [6.45, 7) is 0.656. The second-order valence-corrected chi connectivity index (χ2v) is 12.3. The molecule has 0 aliphatic heterocycles. The van der Waals surface area contributed by atoms with Gasteiger partial charge in [0, 0.05) is 25.8 Å². The maximum Gasteiger partial charge on any atom is 0.453 e. The summed E-state index contributed by atoms with van der Waals surface area (Å²) in [6.07, 6.45) is 3.29. The van der Waals surface area contributed by atoms with Gasteiger partial charge in [-0.05, 0) is 31.7 Å². The number of nitrogens with two attached hydrogens (primary N) is 1. The van der Waals surface area contributed by atoms with E-state index < -0.39 is 50.9 Å². The van der Waals surface area contributed by atoms with E-state index >= 15 is 0 Å². The minimum absolute atomic E-state index is 0. The summed E-state index contributed by atoms with van der Waals surface area (Å²) in [7, 11) is -4.01. The predicted octanol–water partition coefficient (Wildman–Crippen LogP) is 6.20. The van der Waals surface area contributed by atoms with E-state index in [-0.39, 0.29) is 31.5 Å². The number of alkyl halides is 5. The van der Waals surface area contributed by atoms with Gasteiger partial charge in [0.2, 0.25) is 0 Å². The third-order valence-corrected chi connectivity index (χ3v) is 7.70. The van der Waals surface area contributed by atoms with E-state index in [0.717, 1.165) is 51.4 Å². The van der Waals surface area contributed by atoms with Crippen LogP contribution in [0.3, 0.4) is 0 Å². The Morgan fingerprint density at radius 1 is 0.886 bits per heavy atom. The zero-order valence-electron chi connectivity index (χ0n) is 25.3. The van der Waals surface area contributed by atoms with Crippen molar-refractivity contribution in [1.82, 2.24) is 15.7 Å². The Hall–Kier alpha value is -1.68. The maximum absolute atomic E-state index is 12.8.